The molecule has 1 rings (SSSR count). The number of nitrogens with two attached hydrogens (primary N) is 1. The summed E-state index contributed by atoms with van der Waals surface area (Å²) in [7, 11) is 0. The molecule has 0 aliphatic rings. The zero-order valence-electron chi connectivity index (χ0n) is 11.9. The highest BCUT2D eigenvalue weighted by molar-refractivity contribution is 4.95. The number of rotatable bonds is 10. The fraction of sp³-hybridized carbons (Fsp3) is 0.786. The van der Waals surface area contributed by atoms with Crippen molar-refractivity contribution in [1.29, 1.82) is 0 Å². The Labute approximate surface area is 111 Å². The summed E-state index contributed by atoms with van der Waals surface area (Å²) in [6.45, 7) is 5.47. The van der Waals surface area contributed by atoms with Crippen LogP contribution >= 0.6 is 0 Å². The van der Waals surface area contributed by atoms with Crippen LogP contribution in [0.25, 0.3) is 0 Å². The molecule has 0 aliphatic heterocycles. The van der Waals surface area contributed by atoms with Crippen molar-refractivity contribution < 1.29 is 0 Å². The van der Waals surface area contributed by atoms with Gasteiger partial charge in [-0.1, -0.05) is 39.5 Å². The maximum Gasteiger partial charge on any atom is 0.110 e. The molecule has 0 saturated heterocycles. The van der Waals surface area contributed by atoms with Crippen LogP contribution in [0.5, 0.6) is 0 Å². The quantitative estimate of drug-likeness (QED) is 0.382. The van der Waals surface area contributed by atoms with Crippen molar-refractivity contribution in [1.82, 2.24) is 15.0 Å². The van der Waals surface area contributed by atoms with Crippen LogP contribution < -0.4 is 11.3 Å². The second kappa shape index (κ2) is 9.11. The Morgan fingerprint density at radius 3 is 2.78 bits per heavy atom. The van der Waals surface area contributed by atoms with Crippen LogP contribution in [-0.4, -0.2) is 15.6 Å². The summed E-state index contributed by atoms with van der Waals surface area (Å²) < 4.78 is 2.23. The van der Waals surface area contributed by atoms with Gasteiger partial charge in [-0.2, -0.15) is 0 Å². The Hall–Kier alpha value is -0.870. The molecule has 1 aromatic heterocycles. The molecule has 0 spiro atoms. The maximum atomic E-state index is 5.64. The van der Waals surface area contributed by atoms with Crippen LogP contribution in [0.4, 0.5) is 0 Å². The Morgan fingerprint density at radius 2 is 2.11 bits per heavy atom. The minimum atomic E-state index is 0.347. The van der Waals surface area contributed by atoms with Crippen LogP contribution in [0.1, 0.15) is 58.2 Å². The summed E-state index contributed by atoms with van der Waals surface area (Å²) in [5, 5.41) is 0. The first-order valence-corrected chi connectivity index (χ1v) is 7.27. The third-order valence-electron chi connectivity index (χ3n) is 3.34. The van der Waals surface area contributed by atoms with Crippen molar-refractivity contribution in [3.63, 3.8) is 0 Å². The van der Waals surface area contributed by atoms with E-state index in [1.54, 1.807) is 0 Å². The molecule has 18 heavy (non-hydrogen) atoms. The molecule has 1 atom stereocenters. The topological polar surface area (TPSA) is 55.9 Å². The average molecular weight is 252 g/mol. The normalized spacial score (nSPS) is 12.8. The molecule has 3 N–H and O–H groups in total. The Kier molecular flexibility index (Phi) is 7.69. The molecule has 1 aromatic rings. The number of hydrogen-bond acceptors (Lipinski definition) is 3. The number of aryl methyl sites for hydroxylation is 1. The van der Waals surface area contributed by atoms with Gasteiger partial charge in [-0.3, -0.25) is 11.3 Å². The number of aromatic nitrogens is 2. The van der Waals surface area contributed by atoms with Gasteiger partial charge >= 0.3 is 0 Å². The molecule has 0 amide bonds. The van der Waals surface area contributed by atoms with Crippen molar-refractivity contribution in [3.05, 3.63) is 18.2 Å². The lowest BCUT2D eigenvalue weighted by atomic mass is 10.0. The first kappa shape index (κ1) is 15.2. The molecule has 0 bridgehead atoms. The van der Waals surface area contributed by atoms with Crippen molar-refractivity contribution in [2.45, 2.75) is 71.4 Å². The van der Waals surface area contributed by atoms with Gasteiger partial charge in [0.15, 0.2) is 0 Å². The number of nitrogens with zero attached hydrogens (tertiary/aromatic N) is 2. The van der Waals surface area contributed by atoms with Gasteiger partial charge in [0.1, 0.15) is 5.82 Å². The number of nitrogens with one attached hydrogen (secondary N) is 1. The maximum absolute atomic E-state index is 5.64. The lowest BCUT2D eigenvalue weighted by Gasteiger charge is -2.16. The van der Waals surface area contributed by atoms with Gasteiger partial charge in [-0.05, 0) is 12.8 Å². The minimum absolute atomic E-state index is 0.347. The molecule has 4 nitrogen and oxygen atoms in total. The molecule has 4 heteroatoms. The van der Waals surface area contributed by atoms with Crippen molar-refractivity contribution in [3.8, 4) is 0 Å². The van der Waals surface area contributed by atoms with E-state index in [-0.39, 0.29) is 0 Å². The average Bonchev–Trinajstić information content (AvgIpc) is 2.81. The Morgan fingerprint density at radius 1 is 1.28 bits per heavy atom. The van der Waals surface area contributed by atoms with E-state index in [0.29, 0.717) is 6.04 Å². The van der Waals surface area contributed by atoms with Gasteiger partial charge in [0.2, 0.25) is 0 Å². The highest BCUT2D eigenvalue weighted by atomic mass is 15.2. The third-order valence-corrected chi connectivity index (χ3v) is 3.34. The molecule has 1 heterocycles. The summed E-state index contributed by atoms with van der Waals surface area (Å²) in [6.07, 6.45) is 12.3. The molecule has 0 radical (unpaired) electrons. The molecular weight excluding hydrogens is 224 g/mol. The van der Waals surface area contributed by atoms with E-state index < -0.39 is 0 Å². The number of unbranched alkanes of at least 4 members (excludes halogenated alkanes) is 3. The fourth-order valence-corrected chi connectivity index (χ4v) is 2.26. The molecule has 0 aromatic carbocycles. The number of imidazole rings is 1. The number of hydrogen-bond donors (Lipinski definition) is 2. The lowest BCUT2D eigenvalue weighted by Crippen LogP contribution is -2.37. The van der Waals surface area contributed by atoms with Crippen LogP contribution in [-0.2, 0) is 13.0 Å². The highest BCUT2D eigenvalue weighted by Gasteiger charge is 2.11. The van der Waals surface area contributed by atoms with Gasteiger partial charge < -0.3 is 4.57 Å². The summed E-state index contributed by atoms with van der Waals surface area (Å²) in [5.41, 5.74) is 2.93. The molecule has 1 unspecified atom stereocenters. The second-order valence-electron chi connectivity index (χ2n) is 4.95. The van der Waals surface area contributed by atoms with E-state index in [9.17, 15) is 0 Å². The van der Waals surface area contributed by atoms with E-state index in [0.717, 1.165) is 31.6 Å². The molecule has 0 aliphatic carbocycles. The van der Waals surface area contributed by atoms with E-state index in [1.165, 1.54) is 25.7 Å². The Balaban J connectivity index is 2.39. The van der Waals surface area contributed by atoms with Crippen LogP contribution in [0.15, 0.2) is 12.4 Å². The van der Waals surface area contributed by atoms with Gasteiger partial charge in [0.25, 0.3) is 0 Å². The summed E-state index contributed by atoms with van der Waals surface area (Å²) in [5.74, 6) is 6.79. The monoisotopic (exact) mass is 252 g/mol. The van der Waals surface area contributed by atoms with Crippen molar-refractivity contribution in [2.75, 3.05) is 0 Å². The van der Waals surface area contributed by atoms with Crippen molar-refractivity contribution >= 4 is 0 Å². The summed E-state index contributed by atoms with van der Waals surface area (Å²) in [6, 6.07) is 0.347. The predicted octanol–water partition coefficient (Wildman–Crippen LogP) is 2.64. The van der Waals surface area contributed by atoms with Crippen LogP contribution in [0.3, 0.4) is 0 Å². The SMILES string of the molecule is CCCCCCC(Cc1nccn1CCC)NN. The van der Waals surface area contributed by atoms with Gasteiger partial charge in [-0.25, -0.2) is 4.98 Å². The second-order valence-corrected chi connectivity index (χ2v) is 4.95. The van der Waals surface area contributed by atoms with E-state index in [1.807, 2.05) is 6.20 Å². The van der Waals surface area contributed by atoms with Gasteiger partial charge in [0.05, 0.1) is 0 Å². The van der Waals surface area contributed by atoms with E-state index in [4.69, 9.17) is 5.84 Å². The van der Waals surface area contributed by atoms with Crippen LogP contribution in [0, 0.1) is 0 Å². The van der Waals surface area contributed by atoms with Crippen molar-refractivity contribution in [2.24, 2.45) is 5.84 Å². The predicted molar refractivity (Wildman–Crippen MR) is 76.1 cm³/mol. The zero-order chi connectivity index (χ0) is 13.2. The van der Waals surface area contributed by atoms with Crippen LogP contribution in [0.2, 0.25) is 0 Å². The molecule has 0 saturated carbocycles. The fourth-order valence-electron chi connectivity index (χ4n) is 2.26. The molecule has 0 fully saturated rings. The first-order chi connectivity index (χ1) is 8.81. The largest absolute Gasteiger partial charge is 0.335 e. The highest BCUT2D eigenvalue weighted by Crippen LogP contribution is 2.10. The number of hydrazine groups is 1. The molecule has 104 valence electrons. The van der Waals surface area contributed by atoms with E-state index in [2.05, 4.69) is 35.0 Å². The minimum Gasteiger partial charge on any atom is -0.335 e. The van der Waals surface area contributed by atoms with Gasteiger partial charge in [0, 0.05) is 31.4 Å². The zero-order valence-corrected chi connectivity index (χ0v) is 11.9. The smallest absolute Gasteiger partial charge is 0.110 e. The summed E-state index contributed by atoms with van der Waals surface area (Å²) in [4.78, 5) is 4.43. The third kappa shape index (κ3) is 5.19. The standard InChI is InChI=1S/C14H28N4/c1-3-5-6-7-8-13(17-15)12-14-16-9-11-18(14)10-4-2/h9,11,13,17H,3-8,10,12,15H2,1-2H3. The van der Waals surface area contributed by atoms with Gasteiger partial charge in [-0.15, -0.1) is 0 Å². The summed E-state index contributed by atoms with van der Waals surface area (Å²) >= 11 is 0. The van der Waals surface area contributed by atoms with E-state index >= 15 is 0 Å². The molecular formula is C14H28N4. The lowest BCUT2D eigenvalue weighted by molar-refractivity contribution is 0.447. The Bertz CT molecular complexity index is 308. The first-order valence-electron chi connectivity index (χ1n) is 7.27.